The van der Waals surface area contributed by atoms with Gasteiger partial charge in [-0.2, -0.15) is 0 Å². The van der Waals surface area contributed by atoms with Crippen molar-refractivity contribution in [2.24, 2.45) is 0 Å². The van der Waals surface area contributed by atoms with E-state index >= 15 is 0 Å². The number of para-hydroxylation sites is 1. The maximum absolute atomic E-state index is 12.9. The van der Waals surface area contributed by atoms with Gasteiger partial charge in [-0.15, -0.1) is 0 Å². The van der Waals surface area contributed by atoms with E-state index in [4.69, 9.17) is 9.26 Å². The van der Waals surface area contributed by atoms with Crippen LogP contribution in [0.2, 0.25) is 0 Å². The van der Waals surface area contributed by atoms with Crippen LogP contribution in [0.5, 0.6) is 5.75 Å². The molecule has 0 spiro atoms. The van der Waals surface area contributed by atoms with Crippen molar-refractivity contribution in [3.63, 3.8) is 0 Å². The molecule has 1 heterocycles. The van der Waals surface area contributed by atoms with Crippen LogP contribution in [-0.4, -0.2) is 29.6 Å². The lowest BCUT2D eigenvalue weighted by molar-refractivity contribution is -0.132. The van der Waals surface area contributed by atoms with E-state index in [1.165, 1.54) is 0 Å². The Balaban J connectivity index is 1.80. The topological polar surface area (TPSA) is 55.6 Å². The molecule has 1 aromatic heterocycles. The van der Waals surface area contributed by atoms with Crippen molar-refractivity contribution in [1.82, 2.24) is 10.1 Å². The summed E-state index contributed by atoms with van der Waals surface area (Å²) in [5.41, 5.74) is 2.42. The third kappa shape index (κ3) is 3.50. The Morgan fingerprint density at radius 1 is 1.24 bits per heavy atom. The fourth-order valence-electron chi connectivity index (χ4n) is 3.06. The van der Waals surface area contributed by atoms with Gasteiger partial charge in [0.05, 0.1) is 19.6 Å². The quantitative estimate of drug-likeness (QED) is 0.682. The van der Waals surface area contributed by atoms with Crippen LogP contribution in [0, 0.1) is 0 Å². The van der Waals surface area contributed by atoms with Gasteiger partial charge in [0.25, 0.3) is 0 Å². The summed E-state index contributed by atoms with van der Waals surface area (Å²) in [5, 5.41) is 4.96. The Kier molecular flexibility index (Phi) is 5.03. The number of carbonyl (C=O) groups excluding carboxylic acids is 1. The average molecular weight is 338 g/mol. The average Bonchev–Trinajstić information content (AvgIpc) is 3.05. The Bertz CT molecular complexity index is 872. The number of nitrogens with zero attached hydrogens (tertiary/aromatic N) is 2. The van der Waals surface area contributed by atoms with Gasteiger partial charge in [-0.05, 0) is 43.7 Å². The van der Waals surface area contributed by atoms with Crippen LogP contribution in [0.15, 0.2) is 53.1 Å². The number of benzene rings is 2. The van der Waals surface area contributed by atoms with Crippen molar-refractivity contribution in [3.05, 3.63) is 59.8 Å². The zero-order valence-corrected chi connectivity index (χ0v) is 14.7. The smallest absolute Gasteiger partial charge is 0.229 e. The molecule has 0 aliphatic carbocycles. The summed E-state index contributed by atoms with van der Waals surface area (Å²) < 4.78 is 10.6. The summed E-state index contributed by atoms with van der Waals surface area (Å²) in [5.74, 6) is 0.812. The van der Waals surface area contributed by atoms with E-state index in [9.17, 15) is 4.79 Å². The third-order valence-corrected chi connectivity index (χ3v) is 4.48. The lowest BCUT2D eigenvalue weighted by Crippen LogP contribution is -2.34. The number of likely N-dealkylation sites (N-methyl/N-ethyl adjacent to an activating group) is 1. The lowest BCUT2D eigenvalue weighted by Gasteiger charge is -2.28. The van der Waals surface area contributed by atoms with E-state index in [0.717, 1.165) is 16.7 Å². The molecule has 5 heteroatoms. The number of hydrogen-bond acceptors (Lipinski definition) is 4. The van der Waals surface area contributed by atoms with Gasteiger partial charge in [0, 0.05) is 11.9 Å². The molecule has 3 aromatic rings. The minimum Gasteiger partial charge on any atom is -0.497 e. The van der Waals surface area contributed by atoms with Crippen molar-refractivity contribution in [2.75, 3.05) is 13.7 Å². The molecule has 0 aliphatic heterocycles. The fraction of sp³-hybridized carbons (Fsp3) is 0.300. The van der Waals surface area contributed by atoms with Crippen LogP contribution >= 0.6 is 0 Å². The van der Waals surface area contributed by atoms with Crippen molar-refractivity contribution in [1.29, 1.82) is 0 Å². The first kappa shape index (κ1) is 17.0. The standard InChI is InChI=1S/C20H22N2O3/c1-4-22(14(2)15-8-7-9-16(12-15)24-3)20(23)13-18-17-10-5-6-11-19(17)25-21-18/h5-12,14H,4,13H2,1-3H3/t14-/m0/s1. The van der Waals surface area contributed by atoms with Crippen molar-refractivity contribution in [3.8, 4) is 5.75 Å². The Morgan fingerprint density at radius 3 is 2.80 bits per heavy atom. The second kappa shape index (κ2) is 7.38. The minimum absolute atomic E-state index is 0.0249. The monoisotopic (exact) mass is 338 g/mol. The summed E-state index contributed by atoms with van der Waals surface area (Å²) in [7, 11) is 1.64. The summed E-state index contributed by atoms with van der Waals surface area (Å²) in [6.45, 7) is 4.62. The zero-order valence-electron chi connectivity index (χ0n) is 14.7. The van der Waals surface area contributed by atoms with Gasteiger partial charge < -0.3 is 14.2 Å². The zero-order chi connectivity index (χ0) is 17.8. The van der Waals surface area contributed by atoms with Gasteiger partial charge in [-0.1, -0.05) is 29.4 Å². The molecule has 3 rings (SSSR count). The number of hydrogen-bond donors (Lipinski definition) is 0. The molecule has 0 radical (unpaired) electrons. The second-order valence-electron chi connectivity index (χ2n) is 5.93. The Hall–Kier alpha value is -2.82. The van der Waals surface area contributed by atoms with E-state index in [2.05, 4.69) is 5.16 Å². The molecular formula is C20H22N2O3. The molecule has 130 valence electrons. The van der Waals surface area contributed by atoms with Gasteiger partial charge in [-0.3, -0.25) is 4.79 Å². The minimum atomic E-state index is -0.0502. The molecule has 0 fully saturated rings. The maximum Gasteiger partial charge on any atom is 0.229 e. The molecule has 0 N–H and O–H groups in total. The second-order valence-corrected chi connectivity index (χ2v) is 5.93. The number of rotatable bonds is 6. The maximum atomic E-state index is 12.9. The molecule has 1 amide bonds. The predicted molar refractivity (Wildman–Crippen MR) is 96.5 cm³/mol. The molecule has 1 atom stereocenters. The molecule has 25 heavy (non-hydrogen) atoms. The molecule has 0 unspecified atom stereocenters. The van der Waals surface area contributed by atoms with Crippen molar-refractivity contribution in [2.45, 2.75) is 26.3 Å². The number of methoxy groups -OCH3 is 1. The summed E-state index contributed by atoms with van der Waals surface area (Å²) in [6, 6.07) is 15.4. The van der Waals surface area contributed by atoms with Crippen LogP contribution in [0.3, 0.4) is 0 Å². The lowest BCUT2D eigenvalue weighted by atomic mass is 10.1. The summed E-state index contributed by atoms with van der Waals surface area (Å²) >= 11 is 0. The molecule has 0 bridgehead atoms. The van der Waals surface area contributed by atoms with Gasteiger partial charge in [0.15, 0.2) is 5.58 Å². The first-order chi connectivity index (χ1) is 12.1. The highest BCUT2D eigenvalue weighted by molar-refractivity contribution is 5.86. The van der Waals surface area contributed by atoms with Crippen LogP contribution in [0.25, 0.3) is 11.0 Å². The van der Waals surface area contributed by atoms with E-state index in [-0.39, 0.29) is 18.4 Å². The van der Waals surface area contributed by atoms with Gasteiger partial charge in [0.1, 0.15) is 11.4 Å². The molecule has 0 saturated heterocycles. The highest BCUT2D eigenvalue weighted by atomic mass is 16.5. The Morgan fingerprint density at radius 2 is 2.04 bits per heavy atom. The summed E-state index contributed by atoms with van der Waals surface area (Å²) in [4.78, 5) is 14.7. The number of ether oxygens (including phenoxy) is 1. The van der Waals surface area contributed by atoms with Crippen molar-refractivity contribution >= 4 is 16.9 Å². The SMILES string of the molecule is CCN(C(=O)Cc1noc2ccccc12)[C@@H](C)c1cccc(OC)c1. The number of carbonyl (C=O) groups is 1. The molecular weight excluding hydrogens is 316 g/mol. The van der Waals surface area contributed by atoms with E-state index in [1.54, 1.807) is 7.11 Å². The first-order valence-electron chi connectivity index (χ1n) is 8.40. The van der Waals surface area contributed by atoms with Crippen LogP contribution in [0.1, 0.15) is 31.1 Å². The third-order valence-electron chi connectivity index (χ3n) is 4.48. The number of amides is 1. The van der Waals surface area contributed by atoms with Crippen LogP contribution in [0.4, 0.5) is 0 Å². The number of aromatic nitrogens is 1. The van der Waals surface area contributed by atoms with Crippen molar-refractivity contribution < 1.29 is 14.1 Å². The number of fused-ring (bicyclic) bond motifs is 1. The Labute approximate surface area is 147 Å². The van der Waals surface area contributed by atoms with E-state index in [0.29, 0.717) is 17.8 Å². The first-order valence-corrected chi connectivity index (χ1v) is 8.40. The van der Waals surface area contributed by atoms with Crippen LogP contribution < -0.4 is 4.74 Å². The largest absolute Gasteiger partial charge is 0.497 e. The van der Waals surface area contributed by atoms with Gasteiger partial charge in [0.2, 0.25) is 5.91 Å². The van der Waals surface area contributed by atoms with E-state index < -0.39 is 0 Å². The van der Waals surface area contributed by atoms with Crippen LogP contribution in [-0.2, 0) is 11.2 Å². The highest BCUT2D eigenvalue weighted by Gasteiger charge is 2.22. The molecule has 0 aliphatic rings. The molecule has 0 saturated carbocycles. The van der Waals surface area contributed by atoms with Gasteiger partial charge in [-0.25, -0.2) is 0 Å². The normalized spacial score (nSPS) is 12.1. The predicted octanol–water partition coefficient (Wildman–Crippen LogP) is 3.99. The fourth-order valence-corrected chi connectivity index (χ4v) is 3.06. The molecule has 2 aromatic carbocycles. The summed E-state index contributed by atoms with van der Waals surface area (Å²) in [6.07, 6.45) is 0.221. The molecule has 5 nitrogen and oxygen atoms in total. The van der Waals surface area contributed by atoms with Gasteiger partial charge >= 0.3 is 0 Å². The highest BCUT2D eigenvalue weighted by Crippen LogP contribution is 2.25. The van der Waals surface area contributed by atoms with E-state index in [1.807, 2.05) is 67.3 Å².